The van der Waals surface area contributed by atoms with E-state index in [0.717, 1.165) is 10.2 Å². The summed E-state index contributed by atoms with van der Waals surface area (Å²) in [4.78, 5) is 13.8. The monoisotopic (exact) mass is 327 g/mol. The van der Waals surface area contributed by atoms with Crippen LogP contribution in [0.2, 0.25) is 5.02 Å². The van der Waals surface area contributed by atoms with Crippen molar-refractivity contribution in [2.75, 3.05) is 7.05 Å². The molecule has 1 aromatic heterocycles. The standard InChI is InChI=1S/C13H11BrClNO2/c1-16(8-10-3-2-6-18-10)13(17)11-7-9(15)4-5-12(11)14/h2-7H,8H2,1H3. The first-order chi connectivity index (χ1) is 8.58. The zero-order valence-electron chi connectivity index (χ0n) is 9.69. The van der Waals surface area contributed by atoms with Gasteiger partial charge in [-0.1, -0.05) is 11.6 Å². The summed E-state index contributed by atoms with van der Waals surface area (Å²) in [7, 11) is 1.72. The highest BCUT2D eigenvalue weighted by Gasteiger charge is 2.16. The molecule has 1 aromatic carbocycles. The number of nitrogens with zero attached hydrogens (tertiary/aromatic N) is 1. The molecule has 0 saturated heterocycles. The van der Waals surface area contributed by atoms with Crippen LogP contribution >= 0.6 is 27.5 Å². The zero-order valence-corrected chi connectivity index (χ0v) is 12.0. The van der Waals surface area contributed by atoms with E-state index in [1.165, 1.54) is 0 Å². The Morgan fingerprint density at radius 2 is 2.22 bits per heavy atom. The number of hydrogen-bond donors (Lipinski definition) is 0. The molecule has 0 spiro atoms. The summed E-state index contributed by atoms with van der Waals surface area (Å²) < 4.78 is 5.94. The largest absolute Gasteiger partial charge is 0.467 e. The number of halogens is 2. The number of rotatable bonds is 3. The second-order valence-corrected chi connectivity index (χ2v) is 5.16. The highest BCUT2D eigenvalue weighted by Crippen LogP contribution is 2.22. The Kier molecular flexibility index (Phi) is 4.09. The molecule has 0 saturated carbocycles. The van der Waals surface area contributed by atoms with Gasteiger partial charge in [-0.15, -0.1) is 0 Å². The molecular formula is C13H11BrClNO2. The number of furan rings is 1. The van der Waals surface area contributed by atoms with E-state index < -0.39 is 0 Å². The van der Waals surface area contributed by atoms with Gasteiger partial charge in [0.2, 0.25) is 0 Å². The lowest BCUT2D eigenvalue weighted by molar-refractivity contribution is 0.0774. The van der Waals surface area contributed by atoms with Crippen molar-refractivity contribution in [1.29, 1.82) is 0 Å². The summed E-state index contributed by atoms with van der Waals surface area (Å²) in [6, 6.07) is 8.76. The summed E-state index contributed by atoms with van der Waals surface area (Å²) in [5.41, 5.74) is 0.538. The highest BCUT2D eigenvalue weighted by molar-refractivity contribution is 9.10. The van der Waals surface area contributed by atoms with E-state index in [2.05, 4.69) is 15.9 Å². The number of benzene rings is 1. The molecule has 5 heteroatoms. The Hall–Kier alpha value is -1.26. The lowest BCUT2D eigenvalue weighted by Gasteiger charge is -2.16. The van der Waals surface area contributed by atoms with Gasteiger partial charge in [-0.05, 0) is 46.3 Å². The fourth-order valence-corrected chi connectivity index (χ4v) is 2.16. The molecular weight excluding hydrogens is 318 g/mol. The van der Waals surface area contributed by atoms with Gasteiger partial charge in [-0.3, -0.25) is 4.79 Å². The first-order valence-corrected chi connectivity index (χ1v) is 6.48. The highest BCUT2D eigenvalue weighted by atomic mass is 79.9. The summed E-state index contributed by atoms with van der Waals surface area (Å²) in [6.07, 6.45) is 1.59. The van der Waals surface area contributed by atoms with Crippen LogP contribution in [0, 0.1) is 0 Å². The van der Waals surface area contributed by atoms with Crippen molar-refractivity contribution in [1.82, 2.24) is 4.90 Å². The number of amides is 1. The minimum atomic E-state index is -0.110. The maximum atomic E-state index is 12.2. The van der Waals surface area contributed by atoms with Crippen LogP contribution in [0.4, 0.5) is 0 Å². The van der Waals surface area contributed by atoms with Crippen LogP contribution in [0.5, 0.6) is 0 Å². The molecule has 1 amide bonds. The molecule has 1 heterocycles. The van der Waals surface area contributed by atoms with Crippen LogP contribution in [0.1, 0.15) is 16.1 Å². The van der Waals surface area contributed by atoms with E-state index in [4.69, 9.17) is 16.0 Å². The number of hydrogen-bond acceptors (Lipinski definition) is 2. The summed E-state index contributed by atoms with van der Waals surface area (Å²) >= 11 is 9.25. The minimum absolute atomic E-state index is 0.110. The van der Waals surface area contributed by atoms with Gasteiger partial charge in [0.15, 0.2) is 0 Å². The average Bonchev–Trinajstić information content (AvgIpc) is 2.84. The maximum Gasteiger partial charge on any atom is 0.255 e. The molecule has 0 aliphatic heterocycles. The topological polar surface area (TPSA) is 33.5 Å². The third kappa shape index (κ3) is 2.94. The van der Waals surface area contributed by atoms with Crippen molar-refractivity contribution in [3.8, 4) is 0 Å². The summed E-state index contributed by atoms with van der Waals surface area (Å²) in [5, 5.41) is 0.535. The minimum Gasteiger partial charge on any atom is -0.467 e. The summed E-state index contributed by atoms with van der Waals surface area (Å²) in [5.74, 6) is 0.629. The Balaban J connectivity index is 2.17. The summed E-state index contributed by atoms with van der Waals surface area (Å²) in [6.45, 7) is 0.421. The van der Waals surface area contributed by atoms with E-state index in [0.29, 0.717) is 17.1 Å². The van der Waals surface area contributed by atoms with Crippen LogP contribution in [0.25, 0.3) is 0 Å². The molecule has 3 nitrogen and oxygen atoms in total. The van der Waals surface area contributed by atoms with E-state index in [1.807, 2.05) is 6.07 Å². The SMILES string of the molecule is CN(Cc1ccco1)C(=O)c1cc(Cl)ccc1Br. The fraction of sp³-hybridized carbons (Fsp3) is 0.154. The van der Waals surface area contributed by atoms with Crippen LogP contribution in [-0.4, -0.2) is 17.9 Å². The van der Waals surface area contributed by atoms with Gasteiger partial charge in [0.1, 0.15) is 5.76 Å². The van der Waals surface area contributed by atoms with Crippen molar-refractivity contribution in [3.63, 3.8) is 0 Å². The second kappa shape index (κ2) is 5.59. The molecule has 0 radical (unpaired) electrons. The van der Waals surface area contributed by atoms with Crippen LogP contribution in [0.15, 0.2) is 45.5 Å². The van der Waals surface area contributed by atoms with Crippen molar-refractivity contribution in [3.05, 3.63) is 57.4 Å². The Labute approximate surface area is 118 Å². The van der Waals surface area contributed by atoms with E-state index in [-0.39, 0.29) is 5.91 Å². The normalized spacial score (nSPS) is 10.4. The molecule has 0 bridgehead atoms. The van der Waals surface area contributed by atoms with Crippen LogP contribution < -0.4 is 0 Å². The molecule has 0 aliphatic carbocycles. The Morgan fingerprint density at radius 3 is 2.89 bits per heavy atom. The van der Waals surface area contributed by atoms with Crippen molar-refractivity contribution < 1.29 is 9.21 Å². The van der Waals surface area contributed by atoms with Crippen LogP contribution in [0.3, 0.4) is 0 Å². The van der Waals surface area contributed by atoms with Crippen molar-refractivity contribution >= 4 is 33.4 Å². The quantitative estimate of drug-likeness (QED) is 0.854. The molecule has 0 atom stereocenters. The van der Waals surface area contributed by atoms with Gasteiger partial charge < -0.3 is 9.32 Å². The van der Waals surface area contributed by atoms with Gasteiger partial charge in [0, 0.05) is 16.5 Å². The first kappa shape index (κ1) is 13.2. The van der Waals surface area contributed by atoms with E-state index in [1.54, 1.807) is 42.5 Å². The number of carbonyl (C=O) groups excluding carboxylic acids is 1. The predicted octanol–water partition coefficient (Wildman–Crippen LogP) is 3.97. The van der Waals surface area contributed by atoms with Crippen molar-refractivity contribution in [2.45, 2.75) is 6.54 Å². The molecule has 0 N–H and O–H groups in total. The van der Waals surface area contributed by atoms with Gasteiger partial charge >= 0.3 is 0 Å². The second-order valence-electron chi connectivity index (χ2n) is 3.86. The molecule has 18 heavy (non-hydrogen) atoms. The molecule has 0 fully saturated rings. The van der Waals surface area contributed by atoms with Gasteiger partial charge in [-0.25, -0.2) is 0 Å². The third-order valence-electron chi connectivity index (χ3n) is 2.48. The molecule has 94 valence electrons. The molecule has 2 rings (SSSR count). The van der Waals surface area contributed by atoms with Gasteiger partial charge in [0.05, 0.1) is 18.4 Å². The lowest BCUT2D eigenvalue weighted by Crippen LogP contribution is -2.26. The Morgan fingerprint density at radius 1 is 1.44 bits per heavy atom. The van der Waals surface area contributed by atoms with Gasteiger partial charge in [0.25, 0.3) is 5.91 Å². The molecule has 2 aromatic rings. The first-order valence-electron chi connectivity index (χ1n) is 5.31. The Bertz CT molecular complexity index is 554. The predicted molar refractivity (Wildman–Crippen MR) is 73.7 cm³/mol. The fourth-order valence-electron chi connectivity index (χ4n) is 1.58. The third-order valence-corrected chi connectivity index (χ3v) is 3.41. The lowest BCUT2D eigenvalue weighted by atomic mass is 10.2. The van der Waals surface area contributed by atoms with Crippen LogP contribution in [-0.2, 0) is 6.54 Å². The molecule has 0 aliphatic rings. The number of carbonyl (C=O) groups is 1. The zero-order chi connectivity index (χ0) is 13.1. The average molecular weight is 329 g/mol. The van der Waals surface area contributed by atoms with E-state index >= 15 is 0 Å². The maximum absolute atomic E-state index is 12.2. The smallest absolute Gasteiger partial charge is 0.255 e. The molecule has 0 unspecified atom stereocenters. The van der Waals surface area contributed by atoms with Crippen molar-refractivity contribution in [2.24, 2.45) is 0 Å². The van der Waals surface area contributed by atoms with E-state index in [9.17, 15) is 4.79 Å². The van der Waals surface area contributed by atoms with Gasteiger partial charge in [-0.2, -0.15) is 0 Å².